The second kappa shape index (κ2) is 4.98. The Morgan fingerprint density at radius 1 is 1.15 bits per heavy atom. The summed E-state index contributed by atoms with van der Waals surface area (Å²) < 4.78 is 5.44. The highest BCUT2D eigenvalue weighted by atomic mass is 35.5. The maximum Gasteiger partial charge on any atom is 0.220 e. The fourth-order valence-electron chi connectivity index (χ4n) is 2.13. The van der Waals surface area contributed by atoms with Crippen LogP contribution in [-0.4, -0.2) is 17.1 Å². The number of nitrogen functional groups attached to an aromatic ring is 1. The van der Waals surface area contributed by atoms with Gasteiger partial charge < -0.3 is 10.5 Å². The molecular formula is C15H12ClN3O. The van der Waals surface area contributed by atoms with Crippen LogP contribution in [0.4, 0.5) is 5.95 Å². The Balaban J connectivity index is 2.30. The van der Waals surface area contributed by atoms with E-state index in [-0.39, 0.29) is 5.95 Å². The minimum atomic E-state index is 0.241. The average Bonchev–Trinajstić information content (AvgIpc) is 2.46. The Labute approximate surface area is 121 Å². The van der Waals surface area contributed by atoms with Gasteiger partial charge >= 0.3 is 0 Å². The van der Waals surface area contributed by atoms with Gasteiger partial charge in [0, 0.05) is 33.8 Å². The van der Waals surface area contributed by atoms with Crippen LogP contribution in [0.25, 0.3) is 22.0 Å². The summed E-state index contributed by atoms with van der Waals surface area (Å²) in [6.07, 6.45) is 1.69. The quantitative estimate of drug-likeness (QED) is 0.782. The number of methoxy groups -OCH3 is 1. The van der Waals surface area contributed by atoms with Crippen molar-refractivity contribution in [2.45, 2.75) is 0 Å². The van der Waals surface area contributed by atoms with Gasteiger partial charge in [0.1, 0.15) is 5.75 Å². The number of nitrogens with two attached hydrogens (primary N) is 1. The number of benzene rings is 2. The fraction of sp³-hybridized carbons (Fsp3) is 0.0667. The van der Waals surface area contributed by atoms with E-state index in [4.69, 9.17) is 22.1 Å². The molecular weight excluding hydrogens is 274 g/mol. The van der Waals surface area contributed by atoms with E-state index < -0.39 is 0 Å². The largest absolute Gasteiger partial charge is 0.496 e. The Kier molecular flexibility index (Phi) is 3.16. The number of nitrogens with zero attached hydrogens (tertiary/aromatic N) is 2. The van der Waals surface area contributed by atoms with Gasteiger partial charge in [-0.15, -0.1) is 0 Å². The minimum absolute atomic E-state index is 0.241. The molecule has 3 rings (SSSR count). The summed E-state index contributed by atoms with van der Waals surface area (Å²) in [4.78, 5) is 8.21. The first-order valence-corrected chi connectivity index (χ1v) is 6.42. The summed E-state index contributed by atoms with van der Waals surface area (Å²) in [6.45, 7) is 0. The topological polar surface area (TPSA) is 61.0 Å². The molecule has 3 aromatic rings. The van der Waals surface area contributed by atoms with Crippen LogP contribution in [0, 0.1) is 0 Å². The molecule has 0 aliphatic carbocycles. The fourth-order valence-corrected chi connectivity index (χ4v) is 2.37. The van der Waals surface area contributed by atoms with Gasteiger partial charge in [-0.25, -0.2) is 9.97 Å². The number of aromatic nitrogens is 2. The molecule has 1 heterocycles. The van der Waals surface area contributed by atoms with Gasteiger partial charge in [-0.1, -0.05) is 29.8 Å². The molecule has 0 saturated carbocycles. The molecule has 0 unspecified atom stereocenters. The lowest BCUT2D eigenvalue weighted by Gasteiger charge is -2.11. The lowest BCUT2D eigenvalue weighted by molar-refractivity contribution is 0.417. The van der Waals surface area contributed by atoms with Crippen molar-refractivity contribution in [2.24, 2.45) is 0 Å². The van der Waals surface area contributed by atoms with E-state index in [2.05, 4.69) is 9.97 Å². The summed E-state index contributed by atoms with van der Waals surface area (Å²) in [5, 5.41) is 1.55. The highest BCUT2D eigenvalue weighted by Gasteiger charge is 2.11. The highest BCUT2D eigenvalue weighted by Crippen LogP contribution is 2.37. The summed E-state index contributed by atoms with van der Waals surface area (Å²) in [5.41, 5.74) is 8.15. The van der Waals surface area contributed by atoms with Gasteiger partial charge in [0.25, 0.3) is 0 Å². The number of ether oxygens (including phenoxy) is 1. The second-order valence-corrected chi connectivity index (χ2v) is 4.73. The minimum Gasteiger partial charge on any atom is -0.496 e. The zero-order valence-corrected chi connectivity index (χ0v) is 11.6. The molecule has 0 spiro atoms. The number of rotatable bonds is 2. The molecule has 0 aliphatic heterocycles. The molecule has 0 amide bonds. The molecule has 0 bridgehead atoms. The number of anilines is 1. The molecule has 5 heteroatoms. The maximum atomic E-state index is 6.26. The molecule has 0 aliphatic rings. The molecule has 2 aromatic carbocycles. The van der Waals surface area contributed by atoms with E-state index in [9.17, 15) is 0 Å². The monoisotopic (exact) mass is 285 g/mol. The van der Waals surface area contributed by atoms with Crippen LogP contribution in [0.3, 0.4) is 0 Å². The van der Waals surface area contributed by atoms with Crippen molar-refractivity contribution in [3.8, 4) is 16.9 Å². The van der Waals surface area contributed by atoms with Crippen molar-refractivity contribution in [3.05, 3.63) is 47.6 Å². The summed E-state index contributed by atoms with van der Waals surface area (Å²) in [5.74, 6) is 0.939. The summed E-state index contributed by atoms with van der Waals surface area (Å²) >= 11 is 6.26. The molecule has 1 aromatic heterocycles. The lowest BCUT2D eigenvalue weighted by Crippen LogP contribution is -1.96. The van der Waals surface area contributed by atoms with Crippen molar-refractivity contribution in [2.75, 3.05) is 12.8 Å². The average molecular weight is 286 g/mol. The molecule has 0 radical (unpaired) electrons. The van der Waals surface area contributed by atoms with Crippen LogP contribution >= 0.6 is 11.6 Å². The van der Waals surface area contributed by atoms with Gasteiger partial charge in [-0.05, 0) is 12.1 Å². The van der Waals surface area contributed by atoms with Crippen LogP contribution in [0.15, 0.2) is 42.6 Å². The SMILES string of the molecule is COc1cc2nc(N)ncc2cc1-c1ccccc1Cl. The first-order chi connectivity index (χ1) is 9.69. The first kappa shape index (κ1) is 12.7. The van der Waals surface area contributed by atoms with Gasteiger partial charge in [-0.3, -0.25) is 0 Å². The van der Waals surface area contributed by atoms with E-state index in [0.29, 0.717) is 10.8 Å². The summed E-state index contributed by atoms with van der Waals surface area (Å²) in [7, 11) is 1.62. The zero-order valence-electron chi connectivity index (χ0n) is 10.8. The molecule has 20 heavy (non-hydrogen) atoms. The standard InChI is InChI=1S/C15H12ClN3O/c1-20-14-7-13-9(8-18-15(17)19-13)6-11(14)10-4-2-3-5-12(10)16/h2-8H,1H3,(H2,17,18,19). The molecule has 100 valence electrons. The Hall–Kier alpha value is -2.33. The maximum absolute atomic E-state index is 6.26. The van der Waals surface area contributed by atoms with Gasteiger partial charge in [-0.2, -0.15) is 0 Å². The Morgan fingerprint density at radius 2 is 1.95 bits per heavy atom. The van der Waals surface area contributed by atoms with Crippen LogP contribution < -0.4 is 10.5 Å². The van der Waals surface area contributed by atoms with E-state index >= 15 is 0 Å². The van der Waals surface area contributed by atoms with Crippen molar-refractivity contribution < 1.29 is 4.74 Å². The Bertz CT molecular complexity index is 789. The molecule has 0 saturated heterocycles. The van der Waals surface area contributed by atoms with Gasteiger partial charge in [0.05, 0.1) is 12.6 Å². The van der Waals surface area contributed by atoms with Crippen molar-refractivity contribution in [1.29, 1.82) is 0 Å². The normalized spacial score (nSPS) is 10.7. The predicted molar refractivity (Wildman–Crippen MR) is 80.9 cm³/mol. The van der Waals surface area contributed by atoms with E-state index in [1.54, 1.807) is 13.3 Å². The van der Waals surface area contributed by atoms with Crippen molar-refractivity contribution in [3.63, 3.8) is 0 Å². The third kappa shape index (κ3) is 2.14. The van der Waals surface area contributed by atoms with E-state index in [1.807, 2.05) is 36.4 Å². The van der Waals surface area contributed by atoms with Crippen LogP contribution in [0.2, 0.25) is 5.02 Å². The van der Waals surface area contributed by atoms with Crippen LogP contribution in [-0.2, 0) is 0 Å². The second-order valence-electron chi connectivity index (χ2n) is 4.32. The van der Waals surface area contributed by atoms with Gasteiger partial charge in [0.2, 0.25) is 5.95 Å². The number of fused-ring (bicyclic) bond motifs is 1. The van der Waals surface area contributed by atoms with Gasteiger partial charge in [0.15, 0.2) is 0 Å². The predicted octanol–water partition coefficient (Wildman–Crippen LogP) is 3.54. The van der Waals surface area contributed by atoms with Crippen LogP contribution in [0.5, 0.6) is 5.75 Å². The lowest BCUT2D eigenvalue weighted by atomic mass is 10.0. The molecule has 4 nitrogen and oxygen atoms in total. The number of halogens is 1. The third-order valence-electron chi connectivity index (χ3n) is 3.08. The molecule has 0 fully saturated rings. The smallest absolute Gasteiger partial charge is 0.220 e. The zero-order chi connectivity index (χ0) is 14.1. The van der Waals surface area contributed by atoms with Crippen LogP contribution in [0.1, 0.15) is 0 Å². The van der Waals surface area contributed by atoms with Crippen molar-refractivity contribution >= 4 is 28.5 Å². The first-order valence-electron chi connectivity index (χ1n) is 6.04. The van der Waals surface area contributed by atoms with E-state index in [1.165, 1.54) is 0 Å². The third-order valence-corrected chi connectivity index (χ3v) is 3.41. The highest BCUT2D eigenvalue weighted by molar-refractivity contribution is 6.33. The molecule has 2 N–H and O–H groups in total. The number of hydrogen-bond donors (Lipinski definition) is 1. The Morgan fingerprint density at radius 3 is 2.70 bits per heavy atom. The molecule has 0 atom stereocenters. The summed E-state index contributed by atoms with van der Waals surface area (Å²) in [6, 6.07) is 11.4. The van der Waals surface area contributed by atoms with Crippen molar-refractivity contribution in [1.82, 2.24) is 9.97 Å². The van der Waals surface area contributed by atoms with E-state index in [0.717, 1.165) is 22.0 Å². The number of hydrogen-bond acceptors (Lipinski definition) is 4.